The zero-order valence-corrected chi connectivity index (χ0v) is 17.7. The highest BCUT2D eigenvalue weighted by atomic mass is 19.4. The SMILES string of the molecule is O=C(O)CCCC=C1C[C@H]2C[C@@H](O)[C@H](C=C[C@@H](O)COc3cccc(C(F)(F)F)c3)[C@H]2C1. The Morgan fingerprint density at radius 2 is 2.06 bits per heavy atom. The molecule has 2 saturated carbocycles. The van der Waals surface area contributed by atoms with Gasteiger partial charge in [-0.1, -0.05) is 29.9 Å². The molecule has 3 rings (SSSR count). The van der Waals surface area contributed by atoms with E-state index in [4.69, 9.17) is 9.84 Å². The molecule has 5 nitrogen and oxygen atoms in total. The third kappa shape index (κ3) is 6.59. The molecule has 0 aromatic heterocycles. The van der Waals surface area contributed by atoms with E-state index in [0.717, 1.165) is 31.4 Å². The number of aliphatic hydroxyl groups excluding tert-OH is 2. The van der Waals surface area contributed by atoms with Crippen LogP contribution in [-0.2, 0) is 11.0 Å². The molecule has 5 atom stereocenters. The van der Waals surface area contributed by atoms with Crippen LogP contribution in [0.25, 0.3) is 0 Å². The van der Waals surface area contributed by atoms with E-state index in [2.05, 4.69) is 6.08 Å². The summed E-state index contributed by atoms with van der Waals surface area (Å²) in [6.07, 6.45) is 3.42. The highest BCUT2D eigenvalue weighted by Crippen LogP contribution is 2.50. The van der Waals surface area contributed by atoms with Crippen molar-refractivity contribution in [2.75, 3.05) is 6.61 Å². The summed E-state index contributed by atoms with van der Waals surface area (Å²) >= 11 is 0. The van der Waals surface area contributed by atoms with E-state index in [1.54, 1.807) is 12.2 Å². The predicted octanol–water partition coefficient (Wildman–Crippen LogP) is 4.59. The molecule has 2 aliphatic rings. The molecule has 0 radical (unpaired) electrons. The first-order valence-electron chi connectivity index (χ1n) is 10.9. The number of aliphatic carboxylic acids is 1. The van der Waals surface area contributed by atoms with E-state index in [1.807, 2.05) is 0 Å². The van der Waals surface area contributed by atoms with Gasteiger partial charge >= 0.3 is 12.1 Å². The standard InChI is InChI=1S/C24H29F3O5/c25-24(26,27)17-5-3-6-19(13-17)32-14-18(28)8-9-20-21-11-15(4-1-2-7-23(30)31)10-16(21)12-22(20)29/h3-6,8-9,13,16,18,20-22,28-29H,1-2,7,10-12,14H2,(H,30,31)/t16-,18+,20+,21-,22+/m0/s1. The summed E-state index contributed by atoms with van der Waals surface area (Å²) in [6.45, 7) is -0.191. The number of fused-ring (bicyclic) bond motifs is 1. The van der Waals surface area contributed by atoms with Gasteiger partial charge < -0.3 is 20.1 Å². The predicted molar refractivity (Wildman–Crippen MR) is 112 cm³/mol. The molecule has 2 fully saturated rings. The number of carbonyl (C=O) groups is 1. The van der Waals surface area contributed by atoms with Crippen LogP contribution in [0, 0.1) is 17.8 Å². The maximum Gasteiger partial charge on any atom is 0.416 e. The van der Waals surface area contributed by atoms with Crippen LogP contribution in [0.5, 0.6) is 5.75 Å². The number of carboxylic acid groups (broad SMARTS) is 1. The zero-order valence-electron chi connectivity index (χ0n) is 17.7. The Morgan fingerprint density at radius 1 is 1.28 bits per heavy atom. The van der Waals surface area contributed by atoms with Crippen molar-refractivity contribution in [3.05, 3.63) is 53.6 Å². The average Bonchev–Trinajstić information content (AvgIpc) is 3.24. The Kier molecular flexibility index (Phi) is 8.00. The van der Waals surface area contributed by atoms with Gasteiger partial charge in [-0.2, -0.15) is 13.2 Å². The molecule has 1 aromatic rings. The third-order valence-corrected chi connectivity index (χ3v) is 6.28. The Labute approximate surface area is 185 Å². The molecule has 0 aliphatic heterocycles. The quantitative estimate of drug-likeness (QED) is 0.375. The maximum absolute atomic E-state index is 12.8. The number of allylic oxidation sites excluding steroid dienone is 2. The second-order valence-corrected chi connectivity index (χ2v) is 8.65. The number of hydrogen-bond acceptors (Lipinski definition) is 4. The second kappa shape index (κ2) is 10.5. The van der Waals surface area contributed by atoms with E-state index in [1.165, 1.54) is 17.7 Å². The topological polar surface area (TPSA) is 87.0 Å². The van der Waals surface area contributed by atoms with Crippen LogP contribution in [0.4, 0.5) is 13.2 Å². The van der Waals surface area contributed by atoms with Crippen molar-refractivity contribution >= 4 is 5.97 Å². The van der Waals surface area contributed by atoms with E-state index in [-0.39, 0.29) is 30.6 Å². The molecule has 0 unspecified atom stereocenters. The van der Waals surface area contributed by atoms with Gasteiger partial charge in [0.15, 0.2) is 0 Å². The molecule has 32 heavy (non-hydrogen) atoms. The number of aliphatic hydroxyl groups is 2. The molecule has 0 saturated heterocycles. The Morgan fingerprint density at radius 3 is 2.78 bits per heavy atom. The van der Waals surface area contributed by atoms with Crippen molar-refractivity contribution in [3.63, 3.8) is 0 Å². The fourth-order valence-electron chi connectivity index (χ4n) is 4.76. The van der Waals surface area contributed by atoms with Crippen molar-refractivity contribution in [2.45, 2.75) is 56.9 Å². The number of benzene rings is 1. The van der Waals surface area contributed by atoms with Crippen LogP contribution in [0.1, 0.15) is 44.1 Å². The lowest BCUT2D eigenvalue weighted by atomic mass is 9.90. The molecule has 0 heterocycles. The van der Waals surface area contributed by atoms with Gasteiger partial charge in [-0.25, -0.2) is 0 Å². The number of hydrogen-bond donors (Lipinski definition) is 3. The number of halogens is 3. The fraction of sp³-hybridized carbons (Fsp3) is 0.542. The molecule has 1 aromatic carbocycles. The van der Waals surface area contributed by atoms with E-state index < -0.39 is 29.9 Å². The molecular formula is C24H29F3O5. The molecule has 0 amide bonds. The summed E-state index contributed by atoms with van der Waals surface area (Å²) < 4.78 is 43.7. The van der Waals surface area contributed by atoms with Gasteiger partial charge in [-0.15, -0.1) is 0 Å². The molecule has 176 valence electrons. The summed E-state index contributed by atoms with van der Waals surface area (Å²) in [5, 5.41) is 29.3. The molecule has 3 N–H and O–H groups in total. The van der Waals surface area contributed by atoms with Crippen LogP contribution >= 0.6 is 0 Å². The monoisotopic (exact) mass is 454 g/mol. The minimum Gasteiger partial charge on any atom is -0.491 e. The van der Waals surface area contributed by atoms with E-state index in [0.29, 0.717) is 18.8 Å². The first-order chi connectivity index (χ1) is 15.1. The minimum absolute atomic E-state index is 0.0294. The Bertz CT molecular complexity index is 848. The minimum atomic E-state index is -4.46. The number of ether oxygens (including phenoxy) is 1. The zero-order chi connectivity index (χ0) is 23.3. The summed E-state index contributed by atoms with van der Waals surface area (Å²) in [5.41, 5.74) is 0.484. The van der Waals surface area contributed by atoms with Gasteiger partial charge in [0, 0.05) is 12.3 Å². The largest absolute Gasteiger partial charge is 0.491 e. The van der Waals surface area contributed by atoms with Crippen molar-refractivity contribution in [1.82, 2.24) is 0 Å². The molecule has 0 bridgehead atoms. The lowest BCUT2D eigenvalue weighted by Gasteiger charge is -2.18. The van der Waals surface area contributed by atoms with Crippen LogP contribution in [0.2, 0.25) is 0 Å². The van der Waals surface area contributed by atoms with Crippen molar-refractivity contribution in [1.29, 1.82) is 0 Å². The normalized spacial score (nSPS) is 27.7. The van der Waals surface area contributed by atoms with Gasteiger partial charge in [0.05, 0.1) is 11.7 Å². The van der Waals surface area contributed by atoms with Gasteiger partial charge in [0.2, 0.25) is 0 Å². The van der Waals surface area contributed by atoms with Crippen LogP contribution < -0.4 is 4.74 Å². The lowest BCUT2D eigenvalue weighted by molar-refractivity contribution is -0.138. The van der Waals surface area contributed by atoms with Crippen molar-refractivity contribution in [3.8, 4) is 5.75 Å². The third-order valence-electron chi connectivity index (χ3n) is 6.28. The molecule has 8 heteroatoms. The summed E-state index contributed by atoms with van der Waals surface area (Å²) in [6, 6.07) is 4.50. The first-order valence-corrected chi connectivity index (χ1v) is 10.9. The highest BCUT2D eigenvalue weighted by Gasteiger charge is 2.44. The van der Waals surface area contributed by atoms with Gasteiger partial charge in [0.25, 0.3) is 0 Å². The van der Waals surface area contributed by atoms with Crippen molar-refractivity contribution in [2.24, 2.45) is 17.8 Å². The molecule has 0 spiro atoms. The van der Waals surface area contributed by atoms with E-state index >= 15 is 0 Å². The smallest absolute Gasteiger partial charge is 0.416 e. The van der Waals surface area contributed by atoms with Crippen LogP contribution in [-0.4, -0.2) is 40.1 Å². The van der Waals surface area contributed by atoms with Crippen LogP contribution in [0.15, 0.2) is 48.1 Å². The van der Waals surface area contributed by atoms with Gasteiger partial charge in [0.1, 0.15) is 18.5 Å². The van der Waals surface area contributed by atoms with Gasteiger partial charge in [-0.3, -0.25) is 4.79 Å². The fourth-order valence-corrected chi connectivity index (χ4v) is 4.76. The summed E-state index contributed by atoms with van der Waals surface area (Å²) in [5.74, 6) is -0.238. The second-order valence-electron chi connectivity index (χ2n) is 8.65. The Hall–Kier alpha value is -2.32. The summed E-state index contributed by atoms with van der Waals surface area (Å²) in [7, 11) is 0. The molecule has 2 aliphatic carbocycles. The number of rotatable bonds is 9. The number of unbranched alkanes of at least 4 members (excludes halogenated alkanes) is 1. The molecular weight excluding hydrogens is 425 g/mol. The van der Waals surface area contributed by atoms with Gasteiger partial charge in [-0.05, 0) is 62.1 Å². The first kappa shape index (κ1) is 24.3. The highest BCUT2D eigenvalue weighted by molar-refractivity contribution is 5.66. The van der Waals surface area contributed by atoms with E-state index in [9.17, 15) is 28.2 Å². The maximum atomic E-state index is 12.8. The number of alkyl halides is 3. The van der Waals surface area contributed by atoms with Crippen LogP contribution in [0.3, 0.4) is 0 Å². The Balaban J connectivity index is 1.51. The average molecular weight is 454 g/mol. The van der Waals surface area contributed by atoms with Crippen molar-refractivity contribution < 1.29 is 38.0 Å². The number of carboxylic acids is 1. The summed E-state index contributed by atoms with van der Waals surface area (Å²) in [4.78, 5) is 10.6. The lowest BCUT2D eigenvalue weighted by Crippen LogP contribution is -2.19.